The first-order chi connectivity index (χ1) is 28.6. The van der Waals surface area contributed by atoms with Crippen LogP contribution in [0.15, 0.2) is 97.2 Å². The molecule has 314 valence electrons. The minimum atomic E-state index is -3.65. The number of rotatable bonds is 17. The van der Waals surface area contributed by atoms with Crippen LogP contribution in [-0.4, -0.2) is 64.2 Å². The molecule has 0 unspecified atom stereocenters. The monoisotopic (exact) mass is 854 g/mol. The number of benzene rings is 4. The molecule has 2 amide bonds. The van der Waals surface area contributed by atoms with Crippen LogP contribution >= 0.6 is 11.3 Å². The van der Waals surface area contributed by atoms with Crippen LogP contribution in [0, 0.1) is 0 Å². The van der Waals surface area contributed by atoms with Gasteiger partial charge in [0.15, 0.2) is 5.75 Å². The van der Waals surface area contributed by atoms with Gasteiger partial charge in [0, 0.05) is 46.1 Å². The Morgan fingerprint density at radius 3 is 2.23 bits per heavy atom. The largest absolute Gasteiger partial charge is 0.497 e. The van der Waals surface area contributed by atoms with E-state index in [1.165, 1.54) is 18.4 Å². The number of hydrogen-bond donors (Lipinski definition) is 4. The lowest BCUT2D eigenvalue weighted by Gasteiger charge is -2.24. The van der Waals surface area contributed by atoms with Gasteiger partial charge in [0.05, 0.1) is 50.8 Å². The number of pyridine rings is 1. The molecule has 6 rings (SSSR count). The first-order valence-corrected chi connectivity index (χ1v) is 21.4. The molecule has 0 radical (unpaired) electrons. The Bertz CT molecular complexity index is 2620. The fraction of sp³-hybridized carbons (Fsp3) is 0.250. The van der Waals surface area contributed by atoms with Crippen molar-refractivity contribution in [2.45, 2.75) is 39.2 Å². The van der Waals surface area contributed by atoms with E-state index in [1.807, 2.05) is 63.2 Å². The van der Waals surface area contributed by atoms with Gasteiger partial charge in [-0.15, -0.1) is 11.3 Å². The number of anilines is 3. The molecule has 16 heteroatoms. The van der Waals surface area contributed by atoms with Crippen LogP contribution in [0.2, 0.25) is 0 Å². The highest BCUT2D eigenvalue weighted by Gasteiger charge is 2.23. The summed E-state index contributed by atoms with van der Waals surface area (Å²) in [5.74, 6) is 1.56. The topological polar surface area (TPSA) is 184 Å². The summed E-state index contributed by atoms with van der Waals surface area (Å²) in [6.07, 6.45) is 3.18. The number of thiophene rings is 1. The number of carbonyl (C=O) groups is 2. The van der Waals surface area contributed by atoms with E-state index in [-0.39, 0.29) is 28.3 Å². The second-order valence-corrected chi connectivity index (χ2v) is 17.6. The van der Waals surface area contributed by atoms with E-state index in [9.17, 15) is 18.0 Å². The third-order valence-corrected chi connectivity index (χ3v) is 10.7. The Labute approximate surface area is 352 Å². The first-order valence-electron chi connectivity index (χ1n) is 18.7. The number of hydrogen-bond acceptors (Lipinski definition) is 11. The summed E-state index contributed by atoms with van der Waals surface area (Å²) >= 11 is 1.18. The number of carboxylic acids is 1. The molecule has 0 atom stereocenters. The van der Waals surface area contributed by atoms with Gasteiger partial charge < -0.3 is 39.4 Å². The summed E-state index contributed by atoms with van der Waals surface area (Å²) in [6.45, 7) is 6.83. The second-order valence-electron chi connectivity index (χ2n) is 14.7. The summed E-state index contributed by atoms with van der Waals surface area (Å²) in [5, 5.41) is 16.4. The highest BCUT2D eigenvalue weighted by Crippen LogP contribution is 2.40. The van der Waals surface area contributed by atoms with Crippen LogP contribution in [0.5, 0.6) is 28.7 Å². The van der Waals surface area contributed by atoms with E-state index in [0.717, 1.165) is 38.7 Å². The number of ether oxygens (including phenoxy) is 5. The third kappa shape index (κ3) is 11.4. The average Bonchev–Trinajstić information content (AvgIpc) is 3.67. The quantitative estimate of drug-likeness (QED) is 0.0642. The van der Waals surface area contributed by atoms with Crippen LogP contribution in [0.25, 0.3) is 10.8 Å². The maximum Gasteiger partial charge on any atom is 0.345 e. The number of urea groups is 1. The summed E-state index contributed by atoms with van der Waals surface area (Å²) in [7, 11) is -0.657. The number of methoxy groups -OCH3 is 2. The summed E-state index contributed by atoms with van der Waals surface area (Å²) in [5.41, 5.74) is 3.07. The fourth-order valence-corrected chi connectivity index (χ4v) is 7.58. The van der Waals surface area contributed by atoms with Crippen molar-refractivity contribution in [1.29, 1.82) is 0 Å². The van der Waals surface area contributed by atoms with Crippen LogP contribution in [0.3, 0.4) is 0 Å². The summed E-state index contributed by atoms with van der Waals surface area (Å²) in [4.78, 5) is 30.3. The number of nitrogens with one attached hydrogen (secondary N) is 3. The number of nitrogens with zero attached hydrogens (tertiary/aromatic N) is 1. The highest BCUT2D eigenvalue weighted by molar-refractivity contribution is 7.92. The molecule has 0 aliphatic rings. The van der Waals surface area contributed by atoms with E-state index in [1.54, 1.807) is 61.8 Å². The van der Waals surface area contributed by atoms with Crippen molar-refractivity contribution in [3.63, 3.8) is 0 Å². The number of sulfonamides is 1. The molecule has 0 bridgehead atoms. The molecular formula is C44H46N4O10S2. The smallest absolute Gasteiger partial charge is 0.345 e. The van der Waals surface area contributed by atoms with Crippen molar-refractivity contribution in [1.82, 2.24) is 4.98 Å². The Morgan fingerprint density at radius 2 is 1.53 bits per heavy atom. The third-order valence-electron chi connectivity index (χ3n) is 9.02. The van der Waals surface area contributed by atoms with Crippen LogP contribution in [0.1, 0.15) is 52.1 Å². The van der Waals surface area contributed by atoms with Gasteiger partial charge in [0.25, 0.3) is 0 Å². The molecule has 4 aromatic carbocycles. The normalized spacial score (nSPS) is 11.5. The van der Waals surface area contributed by atoms with Crippen molar-refractivity contribution in [2.75, 3.05) is 49.0 Å². The van der Waals surface area contributed by atoms with Crippen molar-refractivity contribution < 1.29 is 46.8 Å². The molecule has 2 aromatic heterocycles. The van der Waals surface area contributed by atoms with Gasteiger partial charge in [-0.3, -0.25) is 9.71 Å². The number of aromatic carboxylic acids is 1. The summed E-state index contributed by atoms with van der Waals surface area (Å²) in [6, 6.07) is 26.5. The highest BCUT2D eigenvalue weighted by atomic mass is 32.2. The van der Waals surface area contributed by atoms with Gasteiger partial charge >= 0.3 is 12.0 Å². The molecule has 0 saturated heterocycles. The van der Waals surface area contributed by atoms with E-state index >= 15 is 0 Å². The fourth-order valence-electron chi connectivity index (χ4n) is 6.24. The Hall–Kier alpha value is -6.36. The lowest BCUT2D eigenvalue weighted by atomic mass is 9.86. The molecule has 6 aromatic rings. The molecule has 0 aliphatic heterocycles. The summed E-state index contributed by atoms with van der Waals surface area (Å²) < 4.78 is 56.0. The van der Waals surface area contributed by atoms with Gasteiger partial charge in [0.2, 0.25) is 10.0 Å². The lowest BCUT2D eigenvalue weighted by molar-refractivity contribution is 0.0702. The molecule has 4 N–H and O–H groups in total. The van der Waals surface area contributed by atoms with Gasteiger partial charge in [-0.1, -0.05) is 45.0 Å². The van der Waals surface area contributed by atoms with E-state index in [2.05, 4.69) is 20.3 Å². The van der Waals surface area contributed by atoms with Gasteiger partial charge in [-0.25, -0.2) is 18.0 Å². The standard InChI is InChI=1S/C44H46N4O10S2/c1-44(2,3)28-22-37(41(55-5)38(23-28)48-60(6,52)53)47-43(51)46-36-12-13-39(35-10-8-7-9-34(35)36)58-30-15-16-45-29(24-30)19-27-20-31(54-4)25-32(21-27)57-18-17-56-26-33-11-14-40(59-33)42(49)50/h7-16,20-25,48H,17-19,26H2,1-6H3,(H,49,50)(H2,46,47,51). The second kappa shape index (κ2) is 18.7. The van der Waals surface area contributed by atoms with E-state index < -0.39 is 22.0 Å². The number of carboxylic acid groups (broad SMARTS) is 1. The Kier molecular flexibility index (Phi) is 13.5. The molecule has 0 fully saturated rings. The van der Waals surface area contributed by atoms with Crippen LogP contribution in [0.4, 0.5) is 21.9 Å². The molecule has 2 heterocycles. The molecule has 14 nitrogen and oxygen atoms in total. The maximum absolute atomic E-state index is 13.5. The van der Waals surface area contributed by atoms with Crippen molar-refractivity contribution in [3.8, 4) is 28.7 Å². The molecule has 60 heavy (non-hydrogen) atoms. The maximum atomic E-state index is 13.5. The molecule has 0 saturated carbocycles. The minimum absolute atomic E-state index is 0.168. The number of carbonyl (C=O) groups excluding carboxylic acids is 1. The van der Waals surface area contributed by atoms with Crippen molar-refractivity contribution in [3.05, 3.63) is 124 Å². The predicted molar refractivity (Wildman–Crippen MR) is 233 cm³/mol. The van der Waals surface area contributed by atoms with E-state index in [0.29, 0.717) is 54.0 Å². The van der Waals surface area contributed by atoms with E-state index in [4.69, 9.17) is 28.8 Å². The SMILES string of the molecule is COc1cc(Cc2cc(Oc3ccc(NC(=O)Nc4cc(C(C)(C)C)cc(NS(C)(=O)=O)c4OC)c4ccccc34)ccn2)cc(OCCOCc2ccc(C(=O)O)s2)c1. The number of amides is 2. The number of fused-ring (bicyclic) bond motifs is 1. The zero-order chi connectivity index (χ0) is 43.0. The Morgan fingerprint density at radius 1 is 0.800 bits per heavy atom. The first kappa shape index (κ1) is 43.2. The van der Waals surface area contributed by atoms with Gasteiger partial charge in [0.1, 0.15) is 34.5 Å². The Balaban J connectivity index is 1.13. The molecule has 0 spiro atoms. The van der Waals surface area contributed by atoms with Crippen LogP contribution < -0.4 is 34.3 Å². The van der Waals surface area contributed by atoms with Crippen molar-refractivity contribution >= 4 is 61.2 Å². The van der Waals surface area contributed by atoms with Crippen LogP contribution in [-0.2, 0) is 33.2 Å². The molecule has 0 aliphatic carbocycles. The van der Waals surface area contributed by atoms with Gasteiger partial charge in [-0.05, 0) is 71.1 Å². The zero-order valence-corrected chi connectivity index (χ0v) is 35.6. The van der Waals surface area contributed by atoms with Gasteiger partial charge in [-0.2, -0.15) is 0 Å². The van der Waals surface area contributed by atoms with Crippen molar-refractivity contribution in [2.24, 2.45) is 0 Å². The average molecular weight is 855 g/mol. The lowest BCUT2D eigenvalue weighted by Crippen LogP contribution is -2.22. The molecular weight excluding hydrogens is 809 g/mol. The predicted octanol–water partition coefficient (Wildman–Crippen LogP) is 9.30. The zero-order valence-electron chi connectivity index (χ0n) is 34.0. The number of aromatic nitrogens is 1. The minimum Gasteiger partial charge on any atom is -0.497 e.